The molecule has 186 valence electrons. The van der Waals surface area contributed by atoms with Gasteiger partial charge in [0.05, 0.1) is 23.8 Å². The minimum Gasteiger partial charge on any atom is -0.573 e. The molecule has 0 unspecified atom stereocenters. The molecule has 0 bridgehead atoms. The van der Waals surface area contributed by atoms with Crippen LogP contribution in [0.2, 0.25) is 0 Å². The summed E-state index contributed by atoms with van der Waals surface area (Å²) >= 11 is 0. The predicted octanol–water partition coefficient (Wildman–Crippen LogP) is 5.71. The van der Waals surface area contributed by atoms with Gasteiger partial charge in [-0.25, -0.2) is 4.98 Å². The molecule has 0 aliphatic heterocycles. The normalized spacial score (nSPS) is 10.9. The van der Waals surface area contributed by atoms with Gasteiger partial charge in [-0.05, 0) is 46.2 Å². The number of hydrogen-bond donors (Lipinski definition) is 0. The maximum atomic E-state index is 4.68. The van der Waals surface area contributed by atoms with Crippen molar-refractivity contribution in [2.24, 2.45) is 0 Å². The standard InChI is InChI=1S/C20H12N6.C9H13N.Pt/c1-2-6-13(7-3-1)16-10-17(25-24-16)18-11-21-12-19(22-18)20-14-8-4-5-9-15(14)23-26-20;1-9(2,3)8-4-6-10-7-5-8;/h1-12H;4-7H,1-3H3;/q-2;;+2. The van der Waals surface area contributed by atoms with E-state index in [4.69, 9.17) is 0 Å². The molecule has 6 rings (SSSR count). The minimum absolute atomic E-state index is 0. The Morgan fingerprint density at radius 3 is 2.11 bits per heavy atom. The summed E-state index contributed by atoms with van der Waals surface area (Å²) in [5.41, 5.74) is 6.99. The summed E-state index contributed by atoms with van der Waals surface area (Å²) in [6.45, 7) is 6.59. The third-order valence-corrected chi connectivity index (χ3v) is 5.71. The van der Waals surface area contributed by atoms with Crippen LogP contribution in [-0.2, 0) is 26.5 Å². The molecule has 4 aromatic heterocycles. The summed E-state index contributed by atoms with van der Waals surface area (Å²) < 4.78 is 0. The molecule has 0 radical (unpaired) electrons. The van der Waals surface area contributed by atoms with Crippen molar-refractivity contribution in [3.8, 4) is 34.0 Å². The fourth-order valence-electron chi connectivity index (χ4n) is 3.73. The van der Waals surface area contributed by atoms with E-state index in [9.17, 15) is 0 Å². The van der Waals surface area contributed by atoms with Crippen LogP contribution in [0.15, 0.2) is 97.6 Å². The zero-order valence-electron chi connectivity index (χ0n) is 20.7. The van der Waals surface area contributed by atoms with E-state index in [1.54, 1.807) is 12.4 Å². The number of nitrogens with zero attached hydrogens (tertiary/aromatic N) is 7. The van der Waals surface area contributed by atoms with Gasteiger partial charge in [-0.15, -0.1) is 0 Å². The van der Waals surface area contributed by atoms with Gasteiger partial charge in [0.1, 0.15) is 0 Å². The smallest absolute Gasteiger partial charge is 0.573 e. The van der Waals surface area contributed by atoms with Crippen molar-refractivity contribution >= 4 is 10.9 Å². The molecule has 2 aromatic carbocycles. The molecule has 37 heavy (non-hydrogen) atoms. The van der Waals surface area contributed by atoms with E-state index in [0.29, 0.717) is 17.1 Å². The number of hydrogen-bond acceptors (Lipinski definition) is 5. The number of benzene rings is 2. The largest absolute Gasteiger partial charge is 2.00 e. The van der Waals surface area contributed by atoms with Gasteiger partial charge < -0.3 is 20.4 Å². The van der Waals surface area contributed by atoms with Crippen LogP contribution in [-0.4, -0.2) is 25.1 Å². The van der Waals surface area contributed by atoms with Gasteiger partial charge in [-0.2, -0.15) is 0 Å². The summed E-state index contributed by atoms with van der Waals surface area (Å²) in [5.74, 6) is 0. The quantitative estimate of drug-likeness (QED) is 0.239. The molecular weight excluding hydrogens is 641 g/mol. The maximum absolute atomic E-state index is 4.68. The first-order valence-corrected chi connectivity index (χ1v) is 11.7. The van der Waals surface area contributed by atoms with E-state index in [2.05, 4.69) is 68.3 Å². The molecule has 0 aliphatic carbocycles. The van der Waals surface area contributed by atoms with Crippen molar-refractivity contribution in [3.63, 3.8) is 0 Å². The Kier molecular flexibility index (Phi) is 8.04. The fourth-order valence-corrected chi connectivity index (χ4v) is 3.73. The van der Waals surface area contributed by atoms with Gasteiger partial charge in [0.2, 0.25) is 0 Å². The van der Waals surface area contributed by atoms with Gasteiger partial charge in [-0.3, -0.25) is 9.97 Å². The molecule has 0 saturated heterocycles. The summed E-state index contributed by atoms with van der Waals surface area (Å²) in [4.78, 5) is 12.9. The summed E-state index contributed by atoms with van der Waals surface area (Å²) in [6.07, 6.45) is 7.04. The molecular formula is C29H25N7Pt. The molecule has 6 aromatic rings. The average molecular weight is 667 g/mol. The van der Waals surface area contributed by atoms with Crippen LogP contribution >= 0.6 is 0 Å². The molecule has 0 aliphatic rings. The first-order valence-electron chi connectivity index (χ1n) is 11.7. The number of pyridine rings is 1. The van der Waals surface area contributed by atoms with E-state index >= 15 is 0 Å². The average Bonchev–Trinajstić information content (AvgIpc) is 3.58. The molecule has 7 nitrogen and oxygen atoms in total. The monoisotopic (exact) mass is 666 g/mol. The van der Waals surface area contributed by atoms with E-state index in [0.717, 1.165) is 27.9 Å². The second kappa shape index (κ2) is 11.4. The zero-order valence-corrected chi connectivity index (χ0v) is 23.0. The second-order valence-corrected chi connectivity index (χ2v) is 9.32. The van der Waals surface area contributed by atoms with Crippen LogP contribution < -0.4 is 10.2 Å². The molecule has 0 saturated carbocycles. The van der Waals surface area contributed by atoms with Gasteiger partial charge in [0, 0.05) is 23.6 Å². The molecule has 4 heterocycles. The topological polar surface area (TPSA) is 92.6 Å². The van der Waals surface area contributed by atoms with Gasteiger partial charge >= 0.3 is 21.1 Å². The van der Waals surface area contributed by atoms with Crippen LogP contribution in [0, 0.1) is 0 Å². The molecule has 0 spiro atoms. The summed E-state index contributed by atoms with van der Waals surface area (Å²) in [6, 6.07) is 23.8. The Morgan fingerprint density at radius 1 is 0.676 bits per heavy atom. The van der Waals surface area contributed by atoms with E-state index in [-0.39, 0.29) is 26.5 Å². The van der Waals surface area contributed by atoms with Crippen LogP contribution in [0.5, 0.6) is 0 Å². The molecule has 0 amide bonds. The van der Waals surface area contributed by atoms with E-state index < -0.39 is 0 Å². The van der Waals surface area contributed by atoms with Crippen molar-refractivity contribution < 1.29 is 21.1 Å². The molecule has 0 N–H and O–H groups in total. The second-order valence-electron chi connectivity index (χ2n) is 9.32. The van der Waals surface area contributed by atoms with Crippen molar-refractivity contribution in [1.29, 1.82) is 0 Å². The van der Waals surface area contributed by atoms with Crippen molar-refractivity contribution in [1.82, 2.24) is 35.3 Å². The van der Waals surface area contributed by atoms with Crippen molar-refractivity contribution in [2.45, 2.75) is 26.2 Å². The number of rotatable bonds is 3. The van der Waals surface area contributed by atoms with Crippen molar-refractivity contribution in [3.05, 3.63) is 103 Å². The van der Waals surface area contributed by atoms with E-state index in [1.165, 1.54) is 5.56 Å². The third-order valence-electron chi connectivity index (χ3n) is 5.71. The Balaban J connectivity index is 0.000000248. The summed E-state index contributed by atoms with van der Waals surface area (Å²) in [7, 11) is 0. The third kappa shape index (κ3) is 6.07. The van der Waals surface area contributed by atoms with Crippen molar-refractivity contribution in [2.75, 3.05) is 0 Å². The Hall–Kier alpha value is -3.96. The first-order chi connectivity index (χ1) is 17.5. The summed E-state index contributed by atoms with van der Waals surface area (Å²) in [5, 5.41) is 17.9. The fraction of sp³-hybridized carbons (Fsp3) is 0.138. The Bertz CT molecular complexity index is 1570. The van der Waals surface area contributed by atoms with Crippen LogP contribution in [0.1, 0.15) is 26.3 Å². The van der Waals surface area contributed by atoms with Crippen LogP contribution in [0.3, 0.4) is 0 Å². The molecule has 8 heteroatoms. The zero-order chi connectivity index (χ0) is 25.0. The van der Waals surface area contributed by atoms with Gasteiger partial charge in [0.15, 0.2) is 0 Å². The predicted molar refractivity (Wildman–Crippen MR) is 141 cm³/mol. The van der Waals surface area contributed by atoms with Gasteiger partial charge in [-0.1, -0.05) is 80.7 Å². The number of fused-ring (bicyclic) bond motifs is 1. The molecule has 0 atom stereocenters. The first kappa shape index (κ1) is 26.1. The SMILES string of the molecule is CC(C)(C)c1ccncc1.[Pt+2].c1ccc(-c2cc(-c3cncc(-c4[n-]nc5ccccc45)n3)[n-]n2)cc1. The number of aromatic nitrogens is 7. The van der Waals surface area contributed by atoms with E-state index in [1.807, 2.05) is 73.1 Å². The molecule has 0 fully saturated rings. The Morgan fingerprint density at radius 2 is 1.38 bits per heavy atom. The Labute approximate surface area is 230 Å². The maximum Gasteiger partial charge on any atom is 2.00 e. The minimum atomic E-state index is 0. The van der Waals surface area contributed by atoms with Gasteiger partial charge in [0.25, 0.3) is 0 Å². The van der Waals surface area contributed by atoms with Crippen LogP contribution in [0.25, 0.3) is 44.9 Å². The van der Waals surface area contributed by atoms with Crippen LogP contribution in [0.4, 0.5) is 0 Å².